The number of rotatable bonds is 7. The summed E-state index contributed by atoms with van der Waals surface area (Å²) in [5, 5.41) is 10.0. The van der Waals surface area contributed by atoms with Crippen LogP contribution in [0.25, 0.3) is 22.1 Å². The minimum Gasteiger partial charge on any atom is -0.488 e. The van der Waals surface area contributed by atoms with Gasteiger partial charge in [0, 0.05) is 34.2 Å². The highest BCUT2D eigenvalue weighted by atomic mass is 19.1. The number of furan rings is 1. The van der Waals surface area contributed by atoms with Crippen LogP contribution in [-0.4, -0.2) is 11.1 Å². The summed E-state index contributed by atoms with van der Waals surface area (Å²) in [7, 11) is 0. The molecule has 0 amide bonds. The van der Waals surface area contributed by atoms with Gasteiger partial charge in [0.15, 0.2) is 0 Å². The molecule has 0 aliphatic carbocycles. The first-order chi connectivity index (χ1) is 15.0. The van der Waals surface area contributed by atoms with Gasteiger partial charge >= 0.3 is 5.97 Å². The van der Waals surface area contributed by atoms with Crippen LogP contribution < -0.4 is 10.5 Å². The Balaban J connectivity index is 1.72. The van der Waals surface area contributed by atoms with Crippen LogP contribution in [0, 0.1) is 12.7 Å². The number of nitrogens with two attached hydrogens (primary N) is 1. The molecule has 0 aliphatic rings. The minimum atomic E-state index is -0.923. The van der Waals surface area contributed by atoms with Gasteiger partial charge in [-0.15, -0.1) is 0 Å². The van der Waals surface area contributed by atoms with Crippen molar-refractivity contribution in [3.8, 4) is 16.9 Å². The fourth-order valence-electron chi connectivity index (χ4n) is 3.75. The maximum absolute atomic E-state index is 15.0. The van der Waals surface area contributed by atoms with Crippen molar-refractivity contribution < 1.29 is 23.4 Å². The first kappa shape index (κ1) is 20.6. The topological polar surface area (TPSA) is 85.7 Å². The lowest BCUT2D eigenvalue weighted by Crippen LogP contribution is -2.05. The second-order valence-electron chi connectivity index (χ2n) is 7.39. The first-order valence-corrected chi connectivity index (χ1v) is 9.89. The number of hydrogen-bond acceptors (Lipinski definition) is 4. The normalized spacial score (nSPS) is 11.1. The van der Waals surface area contributed by atoms with Crippen LogP contribution in [0.15, 0.2) is 65.3 Å². The van der Waals surface area contributed by atoms with Crippen molar-refractivity contribution >= 4 is 16.9 Å². The molecule has 0 fully saturated rings. The largest absolute Gasteiger partial charge is 0.488 e. The Kier molecular flexibility index (Phi) is 5.73. The Morgan fingerprint density at radius 1 is 1.10 bits per heavy atom. The Labute approximate surface area is 178 Å². The van der Waals surface area contributed by atoms with Gasteiger partial charge in [0.2, 0.25) is 0 Å². The van der Waals surface area contributed by atoms with Crippen molar-refractivity contribution in [2.24, 2.45) is 5.73 Å². The van der Waals surface area contributed by atoms with Gasteiger partial charge in [0.05, 0.1) is 12.7 Å². The maximum Gasteiger partial charge on any atom is 0.307 e. The Bertz CT molecular complexity index is 1260. The summed E-state index contributed by atoms with van der Waals surface area (Å²) in [6, 6.07) is 16.1. The van der Waals surface area contributed by atoms with Crippen molar-refractivity contribution in [3.63, 3.8) is 0 Å². The molecular formula is C25H22FNO4. The zero-order valence-electron chi connectivity index (χ0n) is 17.0. The summed E-state index contributed by atoms with van der Waals surface area (Å²) in [6.07, 6.45) is 1.44. The molecular weight excluding hydrogens is 397 g/mol. The Hall–Kier alpha value is -3.64. The highest BCUT2D eigenvalue weighted by Gasteiger charge is 2.16. The number of fused-ring (bicyclic) bond motifs is 1. The molecule has 0 unspecified atom stereocenters. The Morgan fingerprint density at radius 3 is 2.65 bits per heavy atom. The molecule has 6 heteroatoms. The molecule has 3 N–H and O–H groups in total. The van der Waals surface area contributed by atoms with Crippen LogP contribution in [0.4, 0.5) is 4.39 Å². The fourth-order valence-corrected chi connectivity index (χ4v) is 3.75. The number of halogens is 1. The fraction of sp³-hybridized carbons (Fsp3) is 0.160. The highest BCUT2D eigenvalue weighted by molar-refractivity contribution is 5.93. The van der Waals surface area contributed by atoms with Crippen molar-refractivity contribution in [1.82, 2.24) is 0 Å². The number of hydrogen-bond donors (Lipinski definition) is 2. The van der Waals surface area contributed by atoms with Gasteiger partial charge in [-0.25, -0.2) is 4.39 Å². The van der Waals surface area contributed by atoms with E-state index in [1.807, 2.05) is 37.3 Å². The summed E-state index contributed by atoms with van der Waals surface area (Å²) in [5.74, 6) is -0.744. The monoisotopic (exact) mass is 419 g/mol. The lowest BCUT2D eigenvalue weighted by Gasteiger charge is -2.15. The van der Waals surface area contributed by atoms with Crippen LogP contribution in [0.2, 0.25) is 0 Å². The quantitative estimate of drug-likeness (QED) is 0.429. The SMILES string of the molecule is Cc1cccc(CC(=O)O)c1OCc1cc(-c2cccc(CN)c2F)c2occc2c1. The van der Waals surface area contributed by atoms with Gasteiger partial charge in [-0.1, -0.05) is 36.4 Å². The molecule has 0 aliphatic heterocycles. The number of para-hydroxylation sites is 1. The van der Waals surface area contributed by atoms with E-state index in [9.17, 15) is 14.3 Å². The molecule has 4 rings (SSSR count). The number of carboxylic acids is 1. The van der Waals surface area contributed by atoms with E-state index in [4.69, 9.17) is 14.9 Å². The molecule has 1 heterocycles. The van der Waals surface area contributed by atoms with E-state index < -0.39 is 5.97 Å². The van der Waals surface area contributed by atoms with Gasteiger partial charge < -0.3 is 20.0 Å². The van der Waals surface area contributed by atoms with E-state index >= 15 is 0 Å². The molecule has 1 aromatic heterocycles. The highest BCUT2D eigenvalue weighted by Crippen LogP contribution is 2.34. The van der Waals surface area contributed by atoms with Crippen LogP contribution in [0.3, 0.4) is 0 Å². The van der Waals surface area contributed by atoms with Gasteiger partial charge in [0.25, 0.3) is 0 Å². The van der Waals surface area contributed by atoms with Crippen molar-refractivity contribution in [3.05, 3.63) is 88.9 Å². The summed E-state index contributed by atoms with van der Waals surface area (Å²) in [6.45, 7) is 2.17. The number of carbonyl (C=O) groups is 1. The molecule has 0 saturated carbocycles. The van der Waals surface area contributed by atoms with E-state index in [0.717, 1.165) is 16.5 Å². The van der Waals surface area contributed by atoms with Crippen LogP contribution in [-0.2, 0) is 24.4 Å². The lowest BCUT2D eigenvalue weighted by molar-refractivity contribution is -0.136. The average Bonchev–Trinajstić information content (AvgIpc) is 3.21. The molecule has 5 nitrogen and oxygen atoms in total. The molecule has 0 radical (unpaired) electrons. The zero-order chi connectivity index (χ0) is 22.0. The third-order valence-electron chi connectivity index (χ3n) is 5.22. The van der Waals surface area contributed by atoms with Crippen LogP contribution in [0.1, 0.15) is 22.3 Å². The van der Waals surface area contributed by atoms with Crippen LogP contribution in [0.5, 0.6) is 5.75 Å². The summed E-state index contributed by atoms with van der Waals surface area (Å²) in [5.41, 5.74) is 9.98. The van der Waals surface area contributed by atoms with E-state index in [-0.39, 0.29) is 25.4 Å². The summed E-state index contributed by atoms with van der Waals surface area (Å²) >= 11 is 0. The molecule has 4 aromatic rings. The number of carboxylic acid groups (broad SMARTS) is 1. The molecule has 0 spiro atoms. The van der Waals surface area contributed by atoms with Gasteiger partial charge in [-0.3, -0.25) is 4.79 Å². The Morgan fingerprint density at radius 2 is 1.87 bits per heavy atom. The van der Waals surface area contributed by atoms with Crippen molar-refractivity contribution in [2.45, 2.75) is 26.5 Å². The van der Waals surface area contributed by atoms with Gasteiger partial charge in [-0.05, 0) is 36.2 Å². The number of benzene rings is 3. The van der Waals surface area contributed by atoms with E-state index in [2.05, 4.69) is 0 Å². The second kappa shape index (κ2) is 8.62. The molecule has 0 saturated heterocycles. The molecule has 158 valence electrons. The second-order valence-corrected chi connectivity index (χ2v) is 7.39. The molecule has 0 bridgehead atoms. The summed E-state index contributed by atoms with van der Waals surface area (Å²) in [4.78, 5) is 11.2. The maximum atomic E-state index is 15.0. The third kappa shape index (κ3) is 4.15. The molecule has 3 aromatic carbocycles. The van der Waals surface area contributed by atoms with Crippen molar-refractivity contribution in [2.75, 3.05) is 0 Å². The lowest BCUT2D eigenvalue weighted by atomic mass is 9.98. The third-order valence-corrected chi connectivity index (χ3v) is 5.22. The summed E-state index contributed by atoms with van der Waals surface area (Å²) < 4.78 is 26.7. The van der Waals surface area contributed by atoms with Crippen LogP contribution >= 0.6 is 0 Å². The molecule has 0 atom stereocenters. The average molecular weight is 419 g/mol. The smallest absolute Gasteiger partial charge is 0.307 e. The van der Waals surface area contributed by atoms with Gasteiger partial charge in [0.1, 0.15) is 23.8 Å². The van der Waals surface area contributed by atoms with E-state index in [1.54, 1.807) is 30.5 Å². The number of ether oxygens (including phenoxy) is 1. The van der Waals surface area contributed by atoms with E-state index in [1.165, 1.54) is 0 Å². The standard InChI is InChI=1S/C25H22FNO4/c1-15-4-2-5-17(12-22(28)29)24(15)31-14-16-10-18-8-9-30-25(18)21(11-16)20-7-3-6-19(13-27)23(20)26/h2-11H,12-14,27H2,1H3,(H,28,29). The molecule has 31 heavy (non-hydrogen) atoms. The number of aryl methyl sites for hydroxylation is 1. The first-order valence-electron chi connectivity index (χ1n) is 9.89. The van der Waals surface area contributed by atoms with Crippen molar-refractivity contribution in [1.29, 1.82) is 0 Å². The predicted molar refractivity (Wildman–Crippen MR) is 116 cm³/mol. The number of aliphatic carboxylic acids is 1. The predicted octanol–water partition coefficient (Wildman–Crippen LogP) is 5.21. The zero-order valence-corrected chi connectivity index (χ0v) is 17.0. The minimum absolute atomic E-state index is 0.101. The van der Waals surface area contributed by atoms with Gasteiger partial charge in [-0.2, -0.15) is 0 Å². The van der Waals surface area contributed by atoms with E-state index in [0.29, 0.717) is 33.6 Å².